The van der Waals surface area contributed by atoms with Crippen LogP contribution in [0.1, 0.15) is 17.2 Å². The Morgan fingerprint density at radius 3 is 2.43 bits per heavy atom. The second-order valence-electron chi connectivity index (χ2n) is 4.89. The number of aliphatic imine (C=N–C) groups is 1. The van der Waals surface area contributed by atoms with Crippen LogP contribution >= 0.6 is 11.6 Å². The molecule has 0 saturated carbocycles. The molecule has 0 radical (unpaired) electrons. The molecule has 106 valence electrons. The van der Waals surface area contributed by atoms with Crippen LogP contribution in [0.25, 0.3) is 0 Å². The third kappa shape index (κ3) is 2.76. The second kappa shape index (κ2) is 5.58. The van der Waals surface area contributed by atoms with E-state index in [-0.39, 0.29) is 12.1 Å². The number of carbonyl (C=O) groups excluding carboxylic acids is 1. The number of benzene rings is 2. The Balaban J connectivity index is 1.91. The van der Waals surface area contributed by atoms with Crippen molar-refractivity contribution in [1.29, 1.82) is 0 Å². The van der Waals surface area contributed by atoms with E-state index in [1.165, 1.54) is 0 Å². The standard InChI is InChI=1S/C16H14ClN3O/c17-13-8-6-12(7-9-13)14-15(18)19-16(21)20(14)10-11-4-2-1-3-5-11/h1-9,14H,10H2,(H2,18,19,21). The minimum atomic E-state index is -0.338. The molecule has 2 aromatic carbocycles. The van der Waals surface area contributed by atoms with Crippen molar-refractivity contribution in [2.45, 2.75) is 12.6 Å². The first-order chi connectivity index (χ1) is 10.1. The van der Waals surface area contributed by atoms with Crippen molar-refractivity contribution >= 4 is 23.5 Å². The van der Waals surface area contributed by atoms with Crippen molar-refractivity contribution in [3.8, 4) is 0 Å². The van der Waals surface area contributed by atoms with E-state index in [2.05, 4.69) is 4.99 Å². The lowest BCUT2D eigenvalue weighted by atomic mass is 10.0. The van der Waals surface area contributed by atoms with E-state index in [1.54, 1.807) is 17.0 Å². The number of carbonyl (C=O) groups is 1. The lowest BCUT2D eigenvalue weighted by Crippen LogP contribution is -2.32. The van der Waals surface area contributed by atoms with E-state index < -0.39 is 0 Å². The summed E-state index contributed by atoms with van der Waals surface area (Å²) in [7, 11) is 0. The van der Waals surface area contributed by atoms with Crippen molar-refractivity contribution < 1.29 is 4.79 Å². The number of urea groups is 1. The van der Waals surface area contributed by atoms with Gasteiger partial charge >= 0.3 is 6.03 Å². The maximum absolute atomic E-state index is 12.1. The van der Waals surface area contributed by atoms with Crippen LogP contribution < -0.4 is 5.73 Å². The fourth-order valence-corrected chi connectivity index (χ4v) is 2.57. The molecular weight excluding hydrogens is 286 g/mol. The van der Waals surface area contributed by atoms with Gasteiger partial charge in [0.05, 0.1) is 0 Å². The molecule has 0 aromatic heterocycles. The quantitative estimate of drug-likeness (QED) is 0.944. The third-order valence-corrected chi connectivity index (χ3v) is 3.70. The van der Waals surface area contributed by atoms with Crippen LogP contribution in [0.5, 0.6) is 0 Å². The number of halogens is 1. The first-order valence-electron chi connectivity index (χ1n) is 6.59. The monoisotopic (exact) mass is 299 g/mol. The molecule has 1 unspecified atom stereocenters. The van der Waals surface area contributed by atoms with Crippen molar-refractivity contribution in [2.75, 3.05) is 0 Å². The molecule has 0 saturated heterocycles. The van der Waals surface area contributed by atoms with Crippen molar-refractivity contribution in [2.24, 2.45) is 10.7 Å². The fraction of sp³-hybridized carbons (Fsp3) is 0.125. The predicted octanol–water partition coefficient (Wildman–Crippen LogP) is 3.37. The summed E-state index contributed by atoms with van der Waals surface area (Å²) in [5.41, 5.74) is 7.88. The molecule has 0 bridgehead atoms. The number of hydrogen-bond acceptors (Lipinski definition) is 2. The summed E-state index contributed by atoms with van der Waals surface area (Å²) in [6.45, 7) is 0.469. The molecule has 2 aromatic rings. The molecule has 1 atom stereocenters. The van der Waals surface area contributed by atoms with Gasteiger partial charge in [-0.05, 0) is 23.3 Å². The molecule has 0 fully saturated rings. The van der Waals surface area contributed by atoms with Gasteiger partial charge in [-0.3, -0.25) is 0 Å². The topological polar surface area (TPSA) is 58.7 Å². The Morgan fingerprint density at radius 1 is 1.10 bits per heavy atom. The number of rotatable bonds is 3. The van der Waals surface area contributed by atoms with Gasteiger partial charge in [0.2, 0.25) is 0 Å². The van der Waals surface area contributed by atoms with E-state index >= 15 is 0 Å². The molecule has 21 heavy (non-hydrogen) atoms. The second-order valence-corrected chi connectivity index (χ2v) is 5.32. The van der Waals surface area contributed by atoms with Gasteiger partial charge in [0.25, 0.3) is 0 Å². The smallest absolute Gasteiger partial charge is 0.346 e. The molecule has 1 heterocycles. The molecule has 0 spiro atoms. The van der Waals surface area contributed by atoms with Gasteiger partial charge in [-0.15, -0.1) is 0 Å². The largest absolute Gasteiger partial charge is 0.385 e. The molecule has 2 N–H and O–H groups in total. The normalized spacial score (nSPS) is 18.0. The SMILES string of the molecule is NC1=NC(=O)N(Cc2ccccc2)C1c1ccc(Cl)cc1. The highest BCUT2D eigenvalue weighted by atomic mass is 35.5. The highest BCUT2D eigenvalue weighted by molar-refractivity contribution is 6.30. The Kier molecular flexibility index (Phi) is 3.62. The van der Waals surface area contributed by atoms with Gasteiger partial charge in [-0.25, -0.2) is 4.79 Å². The Morgan fingerprint density at radius 2 is 1.76 bits per heavy atom. The number of nitrogens with zero attached hydrogens (tertiary/aromatic N) is 2. The molecule has 5 heteroatoms. The Labute approximate surface area is 127 Å². The van der Waals surface area contributed by atoms with Gasteiger partial charge in [-0.2, -0.15) is 4.99 Å². The maximum atomic E-state index is 12.1. The van der Waals surface area contributed by atoms with Gasteiger partial charge in [0.1, 0.15) is 11.9 Å². The summed E-state index contributed by atoms with van der Waals surface area (Å²) in [5, 5.41) is 0.646. The molecule has 1 aliphatic heterocycles. The van der Waals surface area contributed by atoms with E-state index in [9.17, 15) is 4.79 Å². The van der Waals surface area contributed by atoms with Crippen LogP contribution in [0.4, 0.5) is 4.79 Å². The van der Waals surface area contributed by atoms with Gasteiger partial charge in [0.15, 0.2) is 0 Å². The molecule has 1 aliphatic rings. The van der Waals surface area contributed by atoms with Crippen LogP contribution in [-0.4, -0.2) is 16.8 Å². The third-order valence-electron chi connectivity index (χ3n) is 3.44. The number of amidine groups is 1. The summed E-state index contributed by atoms with van der Waals surface area (Å²) in [6.07, 6.45) is 0. The summed E-state index contributed by atoms with van der Waals surface area (Å²) in [5.74, 6) is 0.318. The lowest BCUT2D eigenvalue weighted by Gasteiger charge is -2.24. The van der Waals surface area contributed by atoms with E-state index in [0.717, 1.165) is 11.1 Å². The molecular formula is C16H14ClN3O. The first-order valence-corrected chi connectivity index (χ1v) is 6.97. The van der Waals surface area contributed by atoms with Gasteiger partial charge < -0.3 is 10.6 Å². The van der Waals surface area contributed by atoms with Crippen LogP contribution in [0.3, 0.4) is 0 Å². The molecule has 0 aliphatic carbocycles. The minimum Gasteiger partial charge on any atom is -0.385 e. The van der Waals surface area contributed by atoms with Gasteiger partial charge in [0, 0.05) is 11.6 Å². The summed E-state index contributed by atoms with van der Waals surface area (Å²) < 4.78 is 0. The van der Waals surface area contributed by atoms with Crippen LogP contribution in [0.15, 0.2) is 59.6 Å². The molecule has 3 rings (SSSR count). The first kappa shape index (κ1) is 13.6. The Hall–Kier alpha value is -2.33. The van der Waals surface area contributed by atoms with Crippen LogP contribution in [-0.2, 0) is 6.54 Å². The maximum Gasteiger partial charge on any atom is 0.346 e. The highest BCUT2D eigenvalue weighted by Crippen LogP contribution is 2.29. The van der Waals surface area contributed by atoms with E-state index in [0.29, 0.717) is 17.4 Å². The van der Waals surface area contributed by atoms with Crippen molar-refractivity contribution in [3.05, 3.63) is 70.7 Å². The average Bonchev–Trinajstić information content (AvgIpc) is 2.76. The lowest BCUT2D eigenvalue weighted by molar-refractivity contribution is 0.204. The number of amides is 2. The van der Waals surface area contributed by atoms with E-state index in [4.69, 9.17) is 17.3 Å². The molecule has 4 nitrogen and oxygen atoms in total. The summed E-state index contributed by atoms with van der Waals surface area (Å²) in [4.78, 5) is 17.6. The highest BCUT2D eigenvalue weighted by Gasteiger charge is 2.34. The van der Waals surface area contributed by atoms with E-state index in [1.807, 2.05) is 42.5 Å². The van der Waals surface area contributed by atoms with Crippen LogP contribution in [0, 0.1) is 0 Å². The average molecular weight is 300 g/mol. The fourth-order valence-electron chi connectivity index (χ4n) is 2.44. The minimum absolute atomic E-state index is 0.309. The van der Waals surface area contributed by atoms with Crippen molar-refractivity contribution in [1.82, 2.24) is 4.90 Å². The number of hydrogen-bond donors (Lipinski definition) is 1. The van der Waals surface area contributed by atoms with Crippen LogP contribution in [0.2, 0.25) is 5.02 Å². The zero-order valence-electron chi connectivity index (χ0n) is 11.2. The summed E-state index contributed by atoms with van der Waals surface area (Å²) in [6, 6.07) is 16.4. The van der Waals surface area contributed by atoms with Gasteiger partial charge in [-0.1, -0.05) is 54.1 Å². The molecule has 2 amide bonds. The Bertz CT molecular complexity index is 682. The zero-order valence-corrected chi connectivity index (χ0v) is 12.0. The predicted molar refractivity (Wildman–Crippen MR) is 83.2 cm³/mol. The zero-order chi connectivity index (χ0) is 14.8. The summed E-state index contributed by atoms with van der Waals surface area (Å²) >= 11 is 5.91. The number of nitrogens with two attached hydrogens (primary N) is 1. The van der Waals surface area contributed by atoms with Crippen molar-refractivity contribution in [3.63, 3.8) is 0 Å².